The first-order valence-electron chi connectivity index (χ1n) is 11.7. The van der Waals surface area contributed by atoms with Crippen molar-refractivity contribution in [1.82, 2.24) is 9.88 Å². The lowest BCUT2D eigenvalue weighted by molar-refractivity contribution is -0.159. The van der Waals surface area contributed by atoms with Crippen LogP contribution in [0.1, 0.15) is 30.7 Å². The van der Waals surface area contributed by atoms with Gasteiger partial charge < -0.3 is 24.5 Å². The van der Waals surface area contributed by atoms with Crippen LogP contribution in [-0.2, 0) is 9.59 Å². The number of furan rings is 1. The number of ether oxygens (including phenoxy) is 1. The number of carboxylic acid groups (broad SMARTS) is 2. The zero-order valence-corrected chi connectivity index (χ0v) is 20.9. The van der Waals surface area contributed by atoms with Crippen LogP contribution < -0.4 is 4.74 Å². The van der Waals surface area contributed by atoms with E-state index in [1.165, 1.54) is 6.07 Å². The molecule has 1 aliphatic rings. The Balaban J connectivity index is 0.000000480. The van der Waals surface area contributed by atoms with E-state index in [1.54, 1.807) is 23.7 Å². The molecule has 2 aromatic heterocycles. The number of benzene rings is 2. The highest BCUT2D eigenvalue weighted by atomic mass is 32.1. The van der Waals surface area contributed by atoms with Gasteiger partial charge in [-0.2, -0.15) is 0 Å². The summed E-state index contributed by atoms with van der Waals surface area (Å²) in [6.07, 6.45) is 2.95. The maximum Gasteiger partial charge on any atom is 0.414 e. The number of β-amino-alcohol motifs (C(OH)–C–C–N with tert-alkyl or cyclic N) is 1. The van der Waals surface area contributed by atoms with Gasteiger partial charge in [-0.1, -0.05) is 12.1 Å². The molecule has 3 N–H and O–H groups in total. The second kappa shape index (κ2) is 11.7. The number of thiazole rings is 1. The van der Waals surface area contributed by atoms with Crippen LogP contribution >= 0.6 is 11.3 Å². The molecule has 0 spiro atoms. The van der Waals surface area contributed by atoms with Crippen molar-refractivity contribution in [2.24, 2.45) is 0 Å². The Morgan fingerprint density at radius 2 is 1.97 bits per heavy atom. The average Bonchev–Trinajstić information content (AvgIpc) is 3.52. The molecule has 1 fully saturated rings. The van der Waals surface area contributed by atoms with Crippen LogP contribution in [0, 0.1) is 5.82 Å². The number of hydrogen-bond donors (Lipinski definition) is 3. The summed E-state index contributed by atoms with van der Waals surface area (Å²) in [4.78, 5) is 25.1. The van der Waals surface area contributed by atoms with Crippen LogP contribution in [0.5, 0.6) is 5.75 Å². The molecule has 0 radical (unpaired) electrons. The molecular weight excluding hydrogens is 503 g/mol. The first-order chi connectivity index (χ1) is 17.7. The third-order valence-corrected chi connectivity index (χ3v) is 7.45. The first kappa shape index (κ1) is 26.5. The van der Waals surface area contributed by atoms with Gasteiger partial charge >= 0.3 is 11.9 Å². The molecule has 37 heavy (non-hydrogen) atoms. The van der Waals surface area contributed by atoms with Gasteiger partial charge in [0.15, 0.2) is 0 Å². The highest BCUT2D eigenvalue weighted by molar-refractivity contribution is 7.18. The fourth-order valence-electron chi connectivity index (χ4n) is 4.42. The van der Waals surface area contributed by atoms with Crippen molar-refractivity contribution in [2.75, 3.05) is 19.7 Å². The fraction of sp³-hybridized carbons (Fsp3) is 0.346. The monoisotopic (exact) mass is 530 g/mol. The number of aliphatic carboxylic acids is 2. The number of aliphatic hydroxyl groups is 1. The van der Waals surface area contributed by atoms with Crippen molar-refractivity contribution < 1.29 is 38.5 Å². The van der Waals surface area contributed by atoms with Gasteiger partial charge in [0.25, 0.3) is 0 Å². The number of para-hydroxylation sites is 1. The molecule has 1 aliphatic heterocycles. The first-order valence-corrected chi connectivity index (χ1v) is 12.6. The van der Waals surface area contributed by atoms with Crippen LogP contribution in [-0.4, -0.2) is 69.0 Å². The van der Waals surface area contributed by atoms with Crippen molar-refractivity contribution in [2.45, 2.75) is 37.8 Å². The van der Waals surface area contributed by atoms with E-state index < -0.39 is 18.0 Å². The number of fused-ring (bicyclic) bond motifs is 2. The molecular formula is C26H27FN2O7S. The summed E-state index contributed by atoms with van der Waals surface area (Å²) in [7, 11) is 0. The van der Waals surface area contributed by atoms with Crippen molar-refractivity contribution in [3.05, 3.63) is 59.6 Å². The van der Waals surface area contributed by atoms with Crippen molar-refractivity contribution in [3.8, 4) is 5.75 Å². The minimum absolute atomic E-state index is 0.230. The van der Waals surface area contributed by atoms with Crippen LogP contribution in [0.4, 0.5) is 4.39 Å². The number of rotatable bonds is 6. The molecule has 0 unspecified atom stereocenters. The van der Waals surface area contributed by atoms with E-state index in [0.717, 1.165) is 45.8 Å². The maximum atomic E-state index is 14.0. The molecule has 196 valence electrons. The normalized spacial score (nSPS) is 18.8. The molecule has 11 heteroatoms. The third-order valence-electron chi connectivity index (χ3n) is 6.26. The number of halogens is 1. The van der Waals surface area contributed by atoms with Gasteiger partial charge in [0, 0.05) is 18.5 Å². The Hall–Kier alpha value is -3.54. The Bertz CT molecular complexity index is 1380. The number of carbonyl (C=O) groups is 2. The standard InChI is InChI=1S/C24H25FN2O3S.C2H2O4/c1-15-12-16(24-26-23-19(25)4-2-7-22(23)31-24)8-10-27(15)13-17(28)14-30-21-6-3-5-20-18(21)9-11-29-20;3-1(4)2(5)6/h2-7,9,11,15-17,28H,8,10,12-14H2,1H3;(H,3,4)(H,5,6)/t15-,16+,17+;/m1./s1. The van der Waals surface area contributed by atoms with Gasteiger partial charge in [0.1, 0.15) is 35.4 Å². The van der Waals surface area contributed by atoms with E-state index in [1.807, 2.05) is 30.3 Å². The highest BCUT2D eigenvalue weighted by Gasteiger charge is 2.30. The van der Waals surface area contributed by atoms with E-state index in [-0.39, 0.29) is 12.4 Å². The van der Waals surface area contributed by atoms with Crippen LogP contribution in [0.25, 0.3) is 21.2 Å². The topological polar surface area (TPSA) is 133 Å². The summed E-state index contributed by atoms with van der Waals surface area (Å²) >= 11 is 1.60. The summed E-state index contributed by atoms with van der Waals surface area (Å²) in [5.41, 5.74) is 1.26. The Morgan fingerprint density at radius 1 is 1.22 bits per heavy atom. The van der Waals surface area contributed by atoms with E-state index in [9.17, 15) is 9.50 Å². The highest BCUT2D eigenvalue weighted by Crippen LogP contribution is 2.36. The van der Waals surface area contributed by atoms with Gasteiger partial charge in [-0.3, -0.25) is 4.90 Å². The lowest BCUT2D eigenvalue weighted by Gasteiger charge is -2.38. The zero-order valence-electron chi connectivity index (χ0n) is 20.0. The molecule has 9 nitrogen and oxygen atoms in total. The predicted molar refractivity (Wildman–Crippen MR) is 136 cm³/mol. The molecule has 5 rings (SSSR count). The average molecular weight is 531 g/mol. The smallest absolute Gasteiger partial charge is 0.414 e. The quantitative estimate of drug-likeness (QED) is 0.311. The van der Waals surface area contributed by atoms with Gasteiger partial charge in [0.2, 0.25) is 0 Å². The molecule has 0 amide bonds. The summed E-state index contributed by atoms with van der Waals surface area (Å²) < 4.78 is 26.2. The zero-order chi connectivity index (χ0) is 26.5. The number of likely N-dealkylation sites (tertiary alicyclic amines) is 1. The fourth-order valence-corrected chi connectivity index (χ4v) is 5.55. The van der Waals surface area contributed by atoms with Gasteiger partial charge in [-0.25, -0.2) is 19.0 Å². The molecule has 4 aromatic rings. The molecule has 3 atom stereocenters. The molecule has 0 saturated carbocycles. The number of piperidine rings is 1. The second-order valence-corrected chi connectivity index (χ2v) is 9.93. The van der Waals surface area contributed by atoms with E-state index in [2.05, 4.69) is 16.8 Å². The van der Waals surface area contributed by atoms with Crippen molar-refractivity contribution in [1.29, 1.82) is 0 Å². The Kier molecular flexibility index (Phi) is 8.37. The third kappa shape index (κ3) is 6.43. The van der Waals surface area contributed by atoms with Gasteiger partial charge in [-0.05, 0) is 56.6 Å². The Labute approximate surface area is 215 Å². The molecule has 2 aromatic carbocycles. The predicted octanol–water partition coefficient (Wildman–Crippen LogP) is 4.35. The van der Waals surface area contributed by atoms with E-state index in [0.29, 0.717) is 24.0 Å². The van der Waals surface area contributed by atoms with Crippen molar-refractivity contribution in [3.63, 3.8) is 0 Å². The number of aromatic nitrogens is 1. The van der Waals surface area contributed by atoms with Crippen LogP contribution in [0.2, 0.25) is 0 Å². The lowest BCUT2D eigenvalue weighted by atomic mass is 9.92. The minimum atomic E-state index is -1.82. The largest absolute Gasteiger partial charge is 0.490 e. The lowest BCUT2D eigenvalue weighted by Crippen LogP contribution is -2.45. The number of nitrogens with zero attached hydrogens (tertiary/aromatic N) is 2. The molecule has 0 aliphatic carbocycles. The van der Waals surface area contributed by atoms with E-state index >= 15 is 0 Å². The number of hydrogen-bond acceptors (Lipinski definition) is 8. The summed E-state index contributed by atoms with van der Waals surface area (Å²) in [5.74, 6) is -2.85. The number of carboxylic acids is 2. The summed E-state index contributed by atoms with van der Waals surface area (Å²) in [6, 6.07) is 13.0. The SMILES string of the molecule is C[C@@H]1C[C@@H](c2nc3c(F)cccc3s2)CCN1C[C@H](O)COc1cccc2occc12.O=C(O)C(=O)O. The number of aliphatic hydroxyl groups excluding tert-OH is 1. The summed E-state index contributed by atoms with van der Waals surface area (Å²) in [6.45, 7) is 3.84. The maximum absolute atomic E-state index is 14.0. The molecule has 1 saturated heterocycles. The van der Waals surface area contributed by atoms with Crippen molar-refractivity contribution >= 4 is 44.5 Å². The summed E-state index contributed by atoms with van der Waals surface area (Å²) in [5, 5.41) is 27.3. The molecule has 0 bridgehead atoms. The van der Waals surface area contributed by atoms with Crippen LogP contribution in [0.3, 0.4) is 0 Å². The second-order valence-electron chi connectivity index (χ2n) is 8.87. The van der Waals surface area contributed by atoms with Crippen LogP contribution in [0.15, 0.2) is 53.1 Å². The van der Waals surface area contributed by atoms with E-state index in [4.69, 9.17) is 29.0 Å². The van der Waals surface area contributed by atoms with Gasteiger partial charge in [0.05, 0.1) is 21.4 Å². The molecule has 3 heterocycles. The van der Waals surface area contributed by atoms with Gasteiger partial charge in [-0.15, -0.1) is 11.3 Å². The minimum Gasteiger partial charge on any atom is -0.490 e. The Morgan fingerprint density at radius 3 is 2.68 bits per heavy atom.